The van der Waals surface area contributed by atoms with E-state index in [2.05, 4.69) is 10.3 Å². The van der Waals surface area contributed by atoms with E-state index >= 15 is 0 Å². The Hall–Kier alpha value is -4.04. The first-order valence-corrected chi connectivity index (χ1v) is 11.6. The first-order chi connectivity index (χ1) is 16.5. The van der Waals surface area contributed by atoms with Crippen LogP contribution >= 0.6 is 11.8 Å². The number of benzene rings is 3. The Kier molecular flexibility index (Phi) is 5.81. The van der Waals surface area contributed by atoms with Gasteiger partial charge in [0.15, 0.2) is 0 Å². The van der Waals surface area contributed by atoms with Gasteiger partial charge in [-0.15, -0.1) is 11.8 Å². The number of hydrogen-bond donors (Lipinski definition) is 3. The Morgan fingerprint density at radius 3 is 2.44 bits per heavy atom. The van der Waals surface area contributed by atoms with Gasteiger partial charge in [-0.2, -0.15) is 0 Å². The molecule has 3 aromatic carbocycles. The zero-order valence-electron chi connectivity index (χ0n) is 18.0. The first kappa shape index (κ1) is 21.8. The average molecular weight is 472 g/mol. The number of fused-ring (bicyclic) bond motifs is 2. The molecule has 0 radical (unpaired) electrons. The van der Waals surface area contributed by atoms with Gasteiger partial charge in [-0.25, -0.2) is 0 Å². The second-order valence-corrected chi connectivity index (χ2v) is 9.14. The molecule has 0 bridgehead atoms. The van der Waals surface area contributed by atoms with Gasteiger partial charge in [0.1, 0.15) is 18.3 Å². The van der Waals surface area contributed by atoms with E-state index in [1.807, 2.05) is 66.7 Å². The number of rotatable bonds is 5. The summed E-state index contributed by atoms with van der Waals surface area (Å²) in [6.07, 6.45) is 0. The molecule has 8 heteroatoms. The van der Waals surface area contributed by atoms with Crippen LogP contribution in [0.3, 0.4) is 0 Å². The first-order valence-electron chi connectivity index (χ1n) is 10.7. The molecule has 0 saturated carbocycles. The molecule has 1 aliphatic rings. The number of anilines is 1. The Morgan fingerprint density at radius 2 is 1.68 bits per heavy atom. The summed E-state index contributed by atoms with van der Waals surface area (Å²) < 4.78 is 0. The smallest absolute Gasteiger partial charge is 0.323 e. The fourth-order valence-corrected chi connectivity index (χ4v) is 5.50. The van der Waals surface area contributed by atoms with Crippen LogP contribution < -0.4 is 10.2 Å². The number of carbonyl (C=O) groups excluding carboxylic acids is 2. The minimum atomic E-state index is -1.13. The normalized spacial score (nSPS) is 17.8. The summed E-state index contributed by atoms with van der Waals surface area (Å²) in [5, 5.41) is 12.8. The number of aromatic amines is 1. The molecule has 4 aromatic rings. The fraction of sp³-hybridized carbons (Fsp3) is 0.115. The molecule has 34 heavy (non-hydrogen) atoms. The molecule has 0 spiro atoms. The number of aromatic nitrogens is 1. The number of carbonyl (C=O) groups is 3. The van der Waals surface area contributed by atoms with Gasteiger partial charge >= 0.3 is 5.97 Å². The molecular weight excluding hydrogens is 450 g/mol. The van der Waals surface area contributed by atoms with Gasteiger partial charge in [0.25, 0.3) is 11.8 Å². The van der Waals surface area contributed by atoms with E-state index in [9.17, 15) is 19.5 Å². The molecular formula is C26H21N3O4S. The highest BCUT2D eigenvalue weighted by Gasteiger charge is 2.40. The summed E-state index contributed by atoms with van der Waals surface area (Å²) in [6.45, 7) is -0.503. The van der Waals surface area contributed by atoms with Gasteiger partial charge in [-0.3, -0.25) is 19.3 Å². The van der Waals surface area contributed by atoms with Crippen LogP contribution in [0.1, 0.15) is 21.3 Å². The maximum Gasteiger partial charge on any atom is 0.323 e. The molecule has 5 rings (SSSR count). The van der Waals surface area contributed by atoms with Crippen molar-refractivity contribution in [1.29, 1.82) is 0 Å². The minimum absolute atomic E-state index is 0.331. The number of carboxylic acid groups (broad SMARTS) is 1. The molecule has 0 aliphatic carbocycles. The average Bonchev–Trinajstić information content (AvgIpc) is 3.25. The standard InChI is InChI=1S/C26H21N3O4S/c30-22(31)15-29-20-12-6-7-13-21(20)34-24(16-8-2-1-3-9-16)23(26(29)33)28-25(32)19-14-17-10-4-5-11-18(17)27-19/h1-14,23-24,27H,15H2,(H,28,32)(H,30,31)/t23-,24-/m1/s1. The molecule has 3 N–H and O–H groups in total. The zero-order chi connectivity index (χ0) is 23.7. The highest BCUT2D eigenvalue weighted by molar-refractivity contribution is 7.99. The van der Waals surface area contributed by atoms with Crippen molar-refractivity contribution < 1.29 is 19.5 Å². The van der Waals surface area contributed by atoms with E-state index in [0.29, 0.717) is 11.4 Å². The van der Waals surface area contributed by atoms with E-state index in [1.54, 1.807) is 18.2 Å². The van der Waals surface area contributed by atoms with Crippen LogP contribution in [0.25, 0.3) is 10.9 Å². The molecule has 2 heterocycles. The summed E-state index contributed by atoms with van der Waals surface area (Å²) in [5.41, 5.74) is 2.52. The number of carboxylic acids is 1. The van der Waals surface area contributed by atoms with Crippen LogP contribution in [0.4, 0.5) is 5.69 Å². The highest BCUT2D eigenvalue weighted by atomic mass is 32.2. The number of nitrogens with one attached hydrogen (secondary N) is 2. The molecule has 1 aliphatic heterocycles. The van der Waals surface area contributed by atoms with Gasteiger partial charge in [0.05, 0.1) is 10.9 Å². The maximum absolute atomic E-state index is 13.8. The van der Waals surface area contributed by atoms with Crippen molar-refractivity contribution in [2.24, 2.45) is 0 Å². The van der Waals surface area contributed by atoms with E-state index in [-0.39, 0.29) is 0 Å². The number of aliphatic carboxylic acids is 1. The van der Waals surface area contributed by atoms with Crippen molar-refractivity contribution >= 4 is 46.1 Å². The van der Waals surface area contributed by atoms with Gasteiger partial charge < -0.3 is 15.4 Å². The van der Waals surface area contributed by atoms with E-state index < -0.39 is 35.6 Å². The molecule has 2 atom stereocenters. The van der Waals surface area contributed by atoms with Crippen LogP contribution in [0.2, 0.25) is 0 Å². The minimum Gasteiger partial charge on any atom is -0.480 e. The van der Waals surface area contributed by atoms with Gasteiger partial charge in [-0.1, -0.05) is 60.7 Å². The lowest BCUT2D eigenvalue weighted by Gasteiger charge is -2.27. The van der Waals surface area contributed by atoms with Gasteiger partial charge in [0, 0.05) is 15.8 Å². The molecule has 2 amide bonds. The summed E-state index contributed by atoms with van der Waals surface area (Å²) in [4.78, 5) is 43.8. The number of para-hydroxylation sites is 2. The summed E-state index contributed by atoms with van der Waals surface area (Å²) >= 11 is 1.44. The van der Waals surface area contributed by atoms with Crippen LogP contribution in [0.5, 0.6) is 0 Å². The number of nitrogens with zero attached hydrogens (tertiary/aromatic N) is 1. The Labute approximate surface area is 199 Å². The second-order valence-electron chi connectivity index (χ2n) is 7.96. The predicted molar refractivity (Wildman–Crippen MR) is 131 cm³/mol. The topological polar surface area (TPSA) is 102 Å². The zero-order valence-corrected chi connectivity index (χ0v) is 18.8. The Balaban J connectivity index is 1.57. The van der Waals surface area contributed by atoms with E-state index in [0.717, 1.165) is 21.4 Å². The number of thioether (sulfide) groups is 1. The van der Waals surface area contributed by atoms with Gasteiger partial charge in [-0.05, 0) is 29.8 Å². The molecule has 170 valence electrons. The maximum atomic E-state index is 13.8. The lowest BCUT2D eigenvalue weighted by Crippen LogP contribution is -2.51. The lowest BCUT2D eigenvalue weighted by molar-refractivity contribution is -0.136. The third kappa shape index (κ3) is 4.15. The van der Waals surface area contributed by atoms with E-state index in [1.165, 1.54) is 16.7 Å². The third-order valence-electron chi connectivity index (χ3n) is 5.73. The Bertz CT molecular complexity index is 1350. The van der Waals surface area contributed by atoms with Crippen LogP contribution in [-0.4, -0.2) is 40.5 Å². The van der Waals surface area contributed by atoms with Gasteiger partial charge in [0.2, 0.25) is 0 Å². The molecule has 0 saturated heterocycles. The van der Waals surface area contributed by atoms with Crippen LogP contribution in [-0.2, 0) is 9.59 Å². The third-order valence-corrected chi connectivity index (χ3v) is 7.12. The van der Waals surface area contributed by atoms with Crippen LogP contribution in [0, 0.1) is 0 Å². The van der Waals surface area contributed by atoms with Crippen LogP contribution in [0.15, 0.2) is 89.8 Å². The largest absolute Gasteiger partial charge is 0.480 e. The number of hydrogen-bond acceptors (Lipinski definition) is 4. The van der Waals surface area contributed by atoms with E-state index in [4.69, 9.17) is 0 Å². The quantitative estimate of drug-likeness (QED) is 0.404. The second kappa shape index (κ2) is 9.07. The summed E-state index contributed by atoms with van der Waals surface area (Å²) in [7, 11) is 0. The van der Waals surface area contributed by atoms with Crippen molar-refractivity contribution in [2.75, 3.05) is 11.4 Å². The highest BCUT2D eigenvalue weighted by Crippen LogP contribution is 2.45. The van der Waals surface area contributed by atoms with Crippen molar-refractivity contribution in [3.63, 3.8) is 0 Å². The SMILES string of the molecule is O=C(O)CN1C(=O)[C@H](NC(=O)c2cc3ccccc3[nH]2)[C@@H](c2ccccc2)Sc2ccccc21. The molecule has 7 nitrogen and oxygen atoms in total. The van der Waals surface area contributed by atoms with Crippen molar-refractivity contribution in [3.05, 3.63) is 96.2 Å². The Morgan fingerprint density at radius 1 is 0.971 bits per heavy atom. The molecule has 0 unspecified atom stereocenters. The molecule has 1 aromatic heterocycles. The monoisotopic (exact) mass is 471 g/mol. The predicted octanol–water partition coefficient (Wildman–Crippen LogP) is 4.23. The van der Waals surface area contributed by atoms with Crippen molar-refractivity contribution in [2.45, 2.75) is 16.2 Å². The summed E-state index contributed by atoms with van der Waals surface area (Å²) in [6, 6.07) is 24.9. The lowest BCUT2D eigenvalue weighted by atomic mass is 10.0. The number of H-pyrrole nitrogens is 1. The number of amides is 2. The van der Waals surface area contributed by atoms with Crippen molar-refractivity contribution in [1.82, 2.24) is 10.3 Å². The fourth-order valence-electron chi connectivity index (χ4n) is 4.15. The molecule has 0 fully saturated rings. The van der Waals surface area contributed by atoms with Crippen molar-refractivity contribution in [3.8, 4) is 0 Å². The summed E-state index contributed by atoms with van der Waals surface area (Å²) in [5.74, 6) is -2.04.